The summed E-state index contributed by atoms with van der Waals surface area (Å²) in [6, 6.07) is 43.5. The van der Waals surface area contributed by atoms with Crippen LogP contribution in [-0.4, -0.2) is 0 Å². The molecule has 0 bridgehead atoms. The van der Waals surface area contributed by atoms with Crippen molar-refractivity contribution < 1.29 is 4.42 Å². The van der Waals surface area contributed by atoms with E-state index in [9.17, 15) is 0 Å². The van der Waals surface area contributed by atoms with Crippen molar-refractivity contribution >= 4 is 44.1 Å². The second kappa shape index (κ2) is 10.5. The Balaban J connectivity index is 1.25. The predicted octanol–water partition coefficient (Wildman–Crippen LogP) is 12.1. The van der Waals surface area contributed by atoms with Crippen molar-refractivity contribution in [2.24, 2.45) is 0 Å². The van der Waals surface area contributed by atoms with E-state index < -0.39 is 0 Å². The highest BCUT2D eigenvalue weighted by Crippen LogP contribution is 2.40. The molecule has 0 unspecified atom stereocenters. The van der Waals surface area contributed by atoms with E-state index in [4.69, 9.17) is 4.42 Å². The second-order valence-electron chi connectivity index (χ2n) is 11.9. The number of hydrogen-bond donors (Lipinski definition) is 1. The smallest absolute Gasteiger partial charge is 0.136 e. The minimum atomic E-state index is 0.465. The van der Waals surface area contributed by atoms with E-state index in [0.717, 1.165) is 33.3 Å². The first-order chi connectivity index (χ1) is 20.5. The molecule has 6 aromatic carbocycles. The van der Waals surface area contributed by atoms with Crippen molar-refractivity contribution in [1.29, 1.82) is 0 Å². The van der Waals surface area contributed by atoms with E-state index in [2.05, 4.69) is 154 Å². The highest BCUT2D eigenvalue weighted by Gasteiger charge is 2.16. The van der Waals surface area contributed by atoms with Crippen LogP contribution in [0.15, 0.2) is 126 Å². The average molecular weight is 546 g/mol. The lowest BCUT2D eigenvalue weighted by Crippen LogP contribution is -2.00. The first kappa shape index (κ1) is 26.1. The molecule has 0 aliphatic carbocycles. The third kappa shape index (κ3) is 4.63. The molecule has 206 valence electrons. The maximum absolute atomic E-state index is 6.31. The summed E-state index contributed by atoms with van der Waals surface area (Å²) >= 11 is 0. The summed E-state index contributed by atoms with van der Waals surface area (Å²) in [6.07, 6.45) is 0. The van der Waals surface area contributed by atoms with Crippen LogP contribution >= 0.6 is 0 Å². The lowest BCUT2D eigenvalue weighted by Gasteiger charge is -2.20. The van der Waals surface area contributed by atoms with Gasteiger partial charge in [-0.05, 0) is 98.5 Å². The Bertz CT molecular complexity index is 2030. The third-order valence-electron chi connectivity index (χ3n) is 8.39. The summed E-state index contributed by atoms with van der Waals surface area (Å²) in [4.78, 5) is 0. The molecule has 0 aliphatic rings. The number of furan rings is 1. The van der Waals surface area contributed by atoms with Gasteiger partial charge in [-0.1, -0.05) is 107 Å². The number of fused-ring (bicyclic) bond motifs is 4. The minimum absolute atomic E-state index is 0.465. The molecule has 0 fully saturated rings. The van der Waals surface area contributed by atoms with Crippen LogP contribution in [0.3, 0.4) is 0 Å². The van der Waals surface area contributed by atoms with Gasteiger partial charge in [0.25, 0.3) is 0 Å². The lowest BCUT2D eigenvalue weighted by atomic mass is 9.85. The topological polar surface area (TPSA) is 25.2 Å². The summed E-state index contributed by atoms with van der Waals surface area (Å²) in [5.41, 5.74) is 11.7. The average Bonchev–Trinajstić information content (AvgIpc) is 3.39. The van der Waals surface area contributed by atoms with Crippen LogP contribution in [0.5, 0.6) is 0 Å². The molecule has 0 saturated carbocycles. The fourth-order valence-corrected chi connectivity index (χ4v) is 6.27. The highest BCUT2D eigenvalue weighted by atomic mass is 16.3. The van der Waals surface area contributed by atoms with Crippen molar-refractivity contribution in [1.82, 2.24) is 0 Å². The Morgan fingerprint density at radius 1 is 0.524 bits per heavy atom. The number of nitrogens with one attached hydrogen (secondary N) is 1. The summed E-state index contributed by atoms with van der Waals surface area (Å²) in [6.45, 7) is 9.11. The van der Waals surface area contributed by atoms with Crippen molar-refractivity contribution in [3.05, 3.63) is 132 Å². The molecule has 0 amide bonds. The Morgan fingerprint density at radius 3 is 1.93 bits per heavy atom. The summed E-state index contributed by atoms with van der Waals surface area (Å²) in [7, 11) is 0. The molecule has 0 spiro atoms. The minimum Gasteiger partial charge on any atom is -0.456 e. The van der Waals surface area contributed by atoms with Gasteiger partial charge in [-0.2, -0.15) is 0 Å². The number of anilines is 2. The molecule has 2 heteroatoms. The highest BCUT2D eigenvalue weighted by molar-refractivity contribution is 6.13. The normalized spacial score (nSPS) is 11.8. The monoisotopic (exact) mass is 545 g/mol. The predicted molar refractivity (Wildman–Crippen MR) is 180 cm³/mol. The standard InChI is InChI=1S/C40H35NO/c1-25(2)33-11-7-12-34(26(3)4)39(33)28-17-19-31(20-18-28)41-32-21-22-37-36(24-32)40-35(13-8-14-38(40)42-37)30-16-15-27-9-5-6-10-29(27)23-30/h5-26,41H,1-4H3. The van der Waals surface area contributed by atoms with Crippen LogP contribution in [0.4, 0.5) is 11.4 Å². The van der Waals surface area contributed by atoms with Crippen LogP contribution < -0.4 is 5.32 Å². The van der Waals surface area contributed by atoms with Gasteiger partial charge in [-0.25, -0.2) is 0 Å². The van der Waals surface area contributed by atoms with Crippen molar-refractivity contribution in [3.63, 3.8) is 0 Å². The van der Waals surface area contributed by atoms with E-state index in [1.807, 2.05) is 0 Å². The Morgan fingerprint density at radius 2 is 1.19 bits per heavy atom. The van der Waals surface area contributed by atoms with Crippen LogP contribution in [0, 0.1) is 0 Å². The van der Waals surface area contributed by atoms with Gasteiger partial charge in [-0.15, -0.1) is 0 Å². The van der Waals surface area contributed by atoms with E-state index in [0.29, 0.717) is 11.8 Å². The Labute approximate surface area is 247 Å². The second-order valence-corrected chi connectivity index (χ2v) is 11.9. The number of rotatable bonds is 6. The van der Waals surface area contributed by atoms with E-state index in [-0.39, 0.29) is 0 Å². The third-order valence-corrected chi connectivity index (χ3v) is 8.39. The van der Waals surface area contributed by atoms with Crippen LogP contribution in [0.1, 0.15) is 50.7 Å². The van der Waals surface area contributed by atoms with Crippen molar-refractivity contribution in [3.8, 4) is 22.3 Å². The first-order valence-corrected chi connectivity index (χ1v) is 14.9. The summed E-state index contributed by atoms with van der Waals surface area (Å²) in [5.74, 6) is 0.931. The van der Waals surface area contributed by atoms with Gasteiger partial charge < -0.3 is 9.73 Å². The first-order valence-electron chi connectivity index (χ1n) is 14.9. The molecular formula is C40H35NO. The van der Waals surface area contributed by atoms with Gasteiger partial charge in [0.2, 0.25) is 0 Å². The fraction of sp³-hybridized carbons (Fsp3) is 0.150. The van der Waals surface area contributed by atoms with Gasteiger partial charge in [-0.3, -0.25) is 0 Å². The zero-order chi connectivity index (χ0) is 28.8. The summed E-state index contributed by atoms with van der Waals surface area (Å²) < 4.78 is 6.31. The van der Waals surface area contributed by atoms with Gasteiger partial charge in [0.1, 0.15) is 11.2 Å². The number of hydrogen-bond acceptors (Lipinski definition) is 2. The van der Waals surface area contributed by atoms with Crippen LogP contribution in [0.2, 0.25) is 0 Å². The van der Waals surface area contributed by atoms with Crippen molar-refractivity contribution in [2.75, 3.05) is 5.32 Å². The maximum Gasteiger partial charge on any atom is 0.136 e. The molecule has 0 radical (unpaired) electrons. The van der Waals surface area contributed by atoms with Gasteiger partial charge in [0.05, 0.1) is 0 Å². The van der Waals surface area contributed by atoms with Crippen molar-refractivity contribution in [2.45, 2.75) is 39.5 Å². The van der Waals surface area contributed by atoms with Gasteiger partial charge >= 0.3 is 0 Å². The summed E-state index contributed by atoms with van der Waals surface area (Å²) in [5, 5.41) is 8.39. The molecule has 7 rings (SSSR count). The van der Waals surface area contributed by atoms with Crippen LogP contribution in [-0.2, 0) is 0 Å². The molecule has 0 aliphatic heterocycles. The Kier molecular flexibility index (Phi) is 6.55. The van der Waals surface area contributed by atoms with E-state index in [1.165, 1.54) is 44.2 Å². The lowest BCUT2D eigenvalue weighted by molar-refractivity contribution is 0.669. The Hall–Kier alpha value is -4.82. The largest absolute Gasteiger partial charge is 0.456 e. The fourth-order valence-electron chi connectivity index (χ4n) is 6.27. The quantitative estimate of drug-likeness (QED) is 0.225. The molecule has 7 aromatic rings. The molecule has 1 aromatic heterocycles. The zero-order valence-corrected chi connectivity index (χ0v) is 24.6. The SMILES string of the molecule is CC(C)c1cccc(C(C)C)c1-c1ccc(Nc2ccc3oc4cccc(-c5ccc6ccccc6c5)c4c3c2)cc1. The maximum atomic E-state index is 6.31. The van der Waals surface area contributed by atoms with E-state index >= 15 is 0 Å². The molecule has 1 heterocycles. The van der Waals surface area contributed by atoms with E-state index in [1.54, 1.807) is 0 Å². The zero-order valence-electron chi connectivity index (χ0n) is 24.6. The van der Waals surface area contributed by atoms with Gasteiger partial charge in [0, 0.05) is 22.1 Å². The number of benzene rings is 6. The molecule has 2 nitrogen and oxygen atoms in total. The molecule has 42 heavy (non-hydrogen) atoms. The molecule has 0 saturated heterocycles. The molecular weight excluding hydrogens is 510 g/mol. The van der Waals surface area contributed by atoms with Crippen LogP contribution in [0.25, 0.3) is 55.0 Å². The molecule has 0 atom stereocenters. The molecule has 1 N–H and O–H groups in total. The van der Waals surface area contributed by atoms with Gasteiger partial charge in [0.15, 0.2) is 0 Å².